The molecule has 1 aliphatic heterocycles. The second kappa shape index (κ2) is 4.85. The summed E-state index contributed by atoms with van der Waals surface area (Å²) >= 11 is 0. The average molecular weight is 260 g/mol. The van der Waals surface area contributed by atoms with Crippen LogP contribution in [0.25, 0.3) is 5.65 Å². The van der Waals surface area contributed by atoms with Crippen LogP contribution in [0.3, 0.4) is 0 Å². The van der Waals surface area contributed by atoms with Gasteiger partial charge in [-0.05, 0) is 6.07 Å². The number of nitrogens with one attached hydrogen (secondary N) is 2. The van der Waals surface area contributed by atoms with Crippen molar-refractivity contribution in [3.05, 3.63) is 24.5 Å². The Morgan fingerprint density at radius 1 is 1.53 bits per heavy atom. The lowest BCUT2D eigenvalue weighted by Crippen LogP contribution is -2.57. The van der Waals surface area contributed by atoms with Crippen LogP contribution >= 0.6 is 0 Å². The van der Waals surface area contributed by atoms with E-state index in [-0.39, 0.29) is 11.9 Å². The lowest BCUT2D eigenvalue weighted by atomic mass is 10.1. The summed E-state index contributed by atoms with van der Waals surface area (Å²) in [6.07, 6.45) is 3.57. The Kier molecular flexibility index (Phi) is 3.04. The predicted octanol–water partition coefficient (Wildman–Crippen LogP) is -0.746. The summed E-state index contributed by atoms with van der Waals surface area (Å²) in [5.41, 5.74) is 0.784. The molecule has 1 atom stereocenters. The zero-order valence-corrected chi connectivity index (χ0v) is 10.7. The van der Waals surface area contributed by atoms with Crippen LogP contribution in [-0.4, -0.2) is 53.2 Å². The minimum absolute atomic E-state index is 0.00220. The predicted molar refractivity (Wildman–Crippen MR) is 71.1 cm³/mol. The molecule has 1 amide bonds. The van der Waals surface area contributed by atoms with E-state index in [4.69, 9.17) is 0 Å². The Labute approximate surface area is 110 Å². The van der Waals surface area contributed by atoms with Crippen LogP contribution in [-0.2, 0) is 4.79 Å². The molecule has 0 radical (unpaired) electrons. The standard InChI is InChI=1S/C12H16N6O/c1-13-12(19)9-8-14-5-7-17(9)10-3-6-18-11(16-10)2-4-15-18/h2-4,6,9,14H,5,7-8H2,1H3,(H,13,19). The molecule has 3 rings (SSSR count). The second-order valence-electron chi connectivity index (χ2n) is 4.45. The topological polar surface area (TPSA) is 74.6 Å². The van der Waals surface area contributed by atoms with E-state index in [0.717, 1.165) is 24.6 Å². The largest absolute Gasteiger partial charge is 0.357 e. The van der Waals surface area contributed by atoms with Crippen molar-refractivity contribution in [1.29, 1.82) is 0 Å². The highest BCUT2D eigenvalue weighted by atomic mass is 16.2. The minimum Gasteiger partial charge on any atom is -0.357 e. The molecule has 3 heterocycles. The zero-order valence-electron chi connectivity index (χ0n) is 10.7. The number of amides is 1. The number of anilines is 1. The van der Waals surface area contributed by atoms with Crippen molar-refractivity contribution in [3.63, 3.8) is 0 Å². The quantitative estimate of drug-likeness (QED) is 0.743. The Morgan fingerprint density at radius 3 is 3.26 bits per heavy atom. The van der Waals surface area contributed by atoms with Crippen molar-refractivity contribution in [2.75, 3.05) is 31.6 Å². The van der Waals surface area contributed by atoms with Gasteiger partial charge in [-0.2, -0.15) is 5.10 Å². The first-order chi connectivity index (χ1) is 9.29. The van der Waals surface area contributed by atoms with Gasteiger partial charge in [0.15, 0.2) is 5.65 Å². The normalized spacial score (nSPS) is 19.6. The van der Waals surface area contributed by atoms with Gasteiger partial charge in [0.2, 0.25) is 5.91 Å². The van der Waals surface area contributed by atoms with Crippen molar-refractivity contribution in [2.45, 2.75) is 6.04 Å². The molecule has 0 spiro atoms. The Hall–Kier alpha value is -2.15. The summed E-state index contributed by atoms with van der Waals surface area (Å²) < 4.78 is 1.71. The number of nitrogens with zero attached hydrogens (tertiary/aromatic N) is 4. The first kappa shape index (κ1) is 11.9. The zero-order chi connectivity index (χ0) is 13.2. The number of rotatable bonds is 2. The third-order valence-electron chi connectivity index (χ3n) is 3.33. The number of piperazine rings is 1. The molecule has 1 aliphatic rings. The third-order valence-corrected chi connectivity index (χ3v) is 3.33. The van der Waals surface area contributed by atoms with Crippen molar-refractivity contribution < 1.29 is 4.79 Å². The van der Waals surface area contributed by atoms with Crippen LogP contribution in [0.5, 0.6) is 0 Å². The fraction of sp³-hybridized carbons (Fsp3) is 0.417. The van der Waals surface area contributed by atoms with Crippen LogP contribution < -0.4 is 15.5 Å². The fourth-order valence-electron chi connectivity index (χ4n) is 2.34. The maximum absolute atomic E-state index is 11.9. The molecule has 0 aliphatic carbocycles. The maximum Gasteiger partial charge on any atom is 0.243 e. The van der Waals surface area contributed by atoms with Crippen molar-refractivity contribution in [2.24, 2.45) is 0 Å². The van der Waals surface area contributed by atoms with E-state index in [9.17, 15) is 4.79 Å². The number of carbonyl (C=O) groups excluding carboxylic acids is 1. The molecule has 2 aromatic heterocycles. The molecule has 0 saturated carbocycles. The number of hydrogen-bond donors (Lipinski definition) is 2. The summed E-state index contributed by atoms with van der Waals surface area (Å²) in [6, 6.07) is 3.51. The highest BCUT2D eigenvalue weighted by Crippen LogP contribution is 2.16. The smallest absolute Gasteiger partial charge is 0.243 e. The van der Waals surface area contributed by atoms with E-state index < -0.39 is 0 Å². The second-order valence-corrected chi connectivity index (χ2v) is 4.45. The summed E-state index contributed by atoms with van der Waals surface area (Å²) in [6.45, 7) is 2.24. The number of likely N-dealkylation sites (N-methyl/N-ethyl adjacent to an activating group) is 1. The van der Waals surface area contributed by atoms with Gasteiger partial charge >= 0.3 is 0 Å². The fourth-order valence-corrected chi connectivity index (χ4v) is 2.34. The van der Waals surface area contributed by atoms with Crippen LogP contribution in [0.4, 0.5) is 5.82 Å². The van der Waals surface area contributed by atoms with Gasteiger partial charge in [0.1, 0.15) is 11.9 Å². The Balaban J connectivity index is 1.94. The maximum atomic E-state index is 11.9. The summed E-state index contributed by atoms with van der Waals surface area (Å²) in [7, 11) is 1.66. The van der Waals surface area contributed by atoms with Gasteiger partial charge in [0.25, 0.3) is 0 Å². The molecular weight excluding hydrogens is 244 g/mol. The van der Waals surface area contributed by atoms with Gasteiger partial charge in [-0.15, -0.1) is 0 Å². The van der Waals surface area contributed by atoms with Crippen molar-refractivity contribution in [3.8, 4) is 0 Å². The van der Waals surface area contributed by atoms with E-state index in [1.165, 1.54) is 0 Å². The lowest BCUT2D eigenvalue weighted by molar-refractivity contribution is -0.122. The SMILES string of the molecule is CNC(=O)C1CNCCN1c1ccn2nccc2n1. The molecular formula is C12H16N6O. The minimum atomic E-state index is -0.225. The van der Waals surface area contributed by atoms with Crippen LogP contribution in [0.1, 0.15) is 0 Å². The average Bonchev–Trinajstić information content (AvgIpc) is 2.93. The Morgan fingerprint density at radius 2 is 2.42 bits per heavy atom. The van der Waals surface area contributed by atoms with Gasteiger partial charge in [-0.25, -0.2) is 9.50 Å². The summed E-state index contributed by atoms with van der Waals surface area (Å²) in [5.74, 6) is 0.811. The lowest BCUT2D eigenvalue weighted by Gasteiger charge is -2.35. The van der Waals surface area contributed by atoms with E-state index in [1.807, 2.05) is 23.2 Å². The van der Waals surface area contributed by atoms with E-state index in [2.05, 4.69) is 20.7 Å². The molecule has 2 N–H and O–H groups in total. The van der Waals surface area contributed by atoms with Crippen molar-refractivity contribution >= 4 is 17.4 Å². The molecule has 1 fully saturated rings. The molecule has 1 unspecified atom stereocenters. The molecule has 19 heavy (non-hydrogen) atoms. The molecule has 7 heteroatoms. The molecule has 0 aromatic carbocycles. The van der Waals surface area contributed by atoms with Crippen LogP contribution in [0.15, 0.2) is 24.5 Å². The number of fused-ring (bicyclic) bond motifs is 1. The molecule has 1 saturated heterocycles. The molecule has 7 nitrogen and oxygen atoms in total. The van der Waals surface area contributed by atoms with Gasteiger partial charge in [-0.3, -0.25) is 4.79 Å². The number of aromatic nitrogens is 3. The molecule has 0 bridgehead atoms. The van der Waals surface area contributed by atoms with Crippen LogP contribution in [0.2, 0.25) is 0 Å². The van der Waals surface area contributed by atoms with E-state index in [0.29, 0.717) is 6.54 Å². The van der Waals surface area contributed by atoms with Gasteiger partial charge in [0, 0.05) is 38.9 Å². The Bertz CT molecular complexity index is 595. The highest BCUT2D eigenvalue weighted by molar-refractivity contribution is 5.85. The monoisotopic (exact) mass is 260 g/mol. The van der Waals surface area contributed by atoms with Gasteiger partial charge in [-0.1, -0.05) is 0 Å². The first-order valence-electron chi connectivity index (χ1n) is 6.29. The highest BCUT2D eigenvalue weighted by Gasteiger charge is 2.28. The molecule has 100 valence electrons. The van der Waals surface area contributed by atoms with Crippen LogP contribution in [0, 0.1) is 0 Å². The van der Waals surface area contributed by atoms with Crippen molar-refractivity contribution in [1.82, 2.24) is 25.2 Å². The first-order valence-corrected chi connectivity index (χ1v) is 6.29. The number of hydrogen-bond acceptors (Lipinski definition) is 5. The van der Waals surface area contributed by atoms with Gasteiger partial charge in [0.05, 0.1) is 6.20 Å². The van der Waals surface area contributed by atoms with E-state index >= 15 is 0 Å². The van der Waals surface area contributed by atoms with E-state index in [1.54, 1.807) is 17.8 Å². The van der Waals surface area contributed by atoms with Gasteiger partial charge < -0.3 is 15.5 Å². The third kappa shape index (κ3) is 2.12. The number of carbonyl (C=O) groups is 1. The summed E-state index contributed by atoms with van der Waals surface area (Å²) in [5, 5.41) is 10.1. The molecule has 2 aromatic rings. The summed E-state index contributed by atoms with van der Waals surface area (Å²) in [4.78, 5) is 18.5.